The maximum absolute atomic E-state index is 12.7. The minimum atomic E-state index is -3.67. The molecular weight excluding hydrogens is 354 g/mol. The molecule has 0 saturated carbocycles. The predicted molar refractivity (Wildman–Crippen MR) is 96.2 cm³/mol. The molecule has 3 rings (SSSR count). The summed E-state index contributed by atoms with van der Waals surface area (Å²) < 4.78 is 32.7. The summed E-state index contributed by atoms with van der Waals surface area (Å²) in [4.78, 5) is 18.5. The topological polar surface area (TPSA) is 88.6 Å². The standard InChI is InChI=1S/C18H21N3O4S/c1-25-12-10-20-26(23,24)17-4-2-3-14-7-11-21(13-16(14)17)18(22)15-5-8-19-9-6-15/h2-6,8-9,20H,7,10-13H2,1H3. The molecule has 1 aromatic heterocycles. The van der Waals surface area contributed by atoms with E-state index in [2.05, 4.69) is 9.71 Å². The fraction of sp³-hybridized carbons (Fsp3) is 0.333. The minimum absolute atomic E-state index is 0.127. The van der Waals surface area contributed by atoms with Crippen molar-refractivity contribution in [3.63, 3.8) is 0 Å². The number of sulfonamides is 1. The van der Waals surface area contributed by atoms with Gasteiger partial charge in [-0.25, -0.2) is 13.1 Å². The maximum atomic E-state index is 12.7. The first-order valence-corrected chi connectivity index (χ1v) is 9.80. The van der Waals surface area contributed by atoms with Gasteiger partial charge in [0.15, 0.2) is 0 Å². The average Bonchev–Trinajstić information content (AvgIpc) is 2.67. The van der Waals surface area contributed by atoms with E-state index in [1.165, 1.54) is 7.11 Å². The molecule has 1 aliphatic rings. The van der Waals surface area contributed by atoms with Crippen molar-refractivity contribution < 1.29 is 17.9 Å². The Morgan fingerprint density at radius 3 is 2.77 bits per heavy atom. The van der Waals surface area contributed by atoms with Crippen molar-refractivity contribution in [3.05, 3.63) is 59.4 Å². The molecule has 138 valence electrons. The fourth-order valence-electron chi connectivity index (χ4n) is 3.01. The van der Waals surface area contributed by atoms with Gasteiger partial charge in [0.25, 0.3) is 5.91 Å². The zero-order valence-corrected chi connectivity index (χ0v) is 15.3. The molecule has 2 aromatic rings. The first kappa shape index (κ1) is 18.5. The number of benzene rings is 1. The maximum Gasteiger partial charge on any atom is 0.254 e. The summed E-state index contributed by atoms with van der Waals surface area (Å²) in [5.74, 6) is -0.127. The van der Waals surface area contributed by atoms with Crippen molar-refractivity contribution >= 4 is 15.9 Å². The second kappa shape index (κ2) is 7.94. The van der Waals surface area contributed by atoms with E-state index in [4.69, 9.17) is 4.74 Å². The van der Waals surface area contributed by atoms with Gasteiger partial charge >= 0.3 is 0 Å². The van der Waals surface area contributed by atoms with Crippen LogP contribution >= 0.6 is 0 Å². The van der Waals surface area contributed by atoms with Crippen molar-refractivity contribution in [2.24, 2.45) is 0 Å². The van der Waals surface area contributed by atoms with Crippen LogP contribution in [0.25, 0.3) is 0 Å². The van der Waals surface area contributed by atoms with E-state index in [1.54, 1.807) is 41.6 Å². The lowest BCUT2D eigenvalue weighted by atomic mass is 9.99. The van der Waals surface area contributed by atoms with E-state index in [-0.39, 0.29) is 23.9 Å². The number of fused-ring (bicyclic) bond motifs is 1. The van der Waals surface area contributed by atoms with E-state index in [0.717, 1.165) is 5.56 Å². The van der Waals surface area contributed by atoms with Crippen LogP contribution in [0.3, 0.4) is 0 Å². The summed E-state index contributed by atoms with van der Waals surface area (Å²) in [5.41, 5.74) is 2.17. The highest BCUT2D eigenvalue weighted by Crippen LogP contribution is 2.26. The van der Waals surface area contributed by atoms with Gasteiger partial charge in [-0.1, -0.05) is 12.1 Å². The Morgan fingerprint density at radius 1 is 1.27 bits per heavy atom. The van der Waals surface area contributed by atoms with Crippen LogP contribution < -0.4 is 4.72 Å². The second-order valence-electron chi connectivity index (χ2n) is 6.00. The van der Waals surface area contributed by atoms with Crippen LogP contribution in [0.5, 0.6) is 0 Å². The molecule has 0 bridgehead atoms. The molecule has 0 fully saturated rings. The predicted octanol–water partition coefficient (Wildman–Crippen LogP) is 1.20. The Labute approximate surface area is 153 Å². The van der Waals surface area contributed by atoms with Crippen molar-refractivity contribution in [2.45, 2.75) is 17.9 Å². The smallest absolute Gasteiger partial charge is 0.254 e. The Kier molecular flexibility index (Phi) is 5.65. The van der Waals surface area contributed by atoms with Crippen molar-refractivity contribution in [2.75, 3.05) is 26.8 Å². The van der Waals surface area contributed by atoms with Gasteiger partial charge in [0.1, 0.15) is 0 Å². The molecule has 0 aliphatic carbocycles. The van der Waals surface area contributed by atoms with Gasteiger partial charge in [-0.15, -0.1) is 0 Å². The first-order chi connectivity index (χ1) is 12.5. The third-order valence-corrected chi connectivity index (χ3v) is 5.88. The van der Waals surface area contributed by atoms with E-state index >= 15 is 0 Å². The molecular formula is C18H21N3O4S. The van der Waals surface area contributed by atoms with Gasteiger partial charge < -0.3 is 9.64 Å². The monoisotopic (exact) mass is 375 g/mol. The van der Waals surface area contributed by atoms with E-state index in [9.17, 15) is 13.2 Å². The van der Waals surface area contributed by atoms with Crippen molar-refractivity contribution in [1.29, 1.82) is 0 Å². The summed E-state index contributed by atoms with van der Waals surface area (Å²) in [6, 6.07) is 8.55. The highest BCUT2D eigenvalue weighted by molar-refractivity contribution is 7.89. The SMILES string of the molecule is COCCNS(=O)(=O)c1cccc2c1CN(C(=O)c1ccncc1)CC2. The summed E-state index contributed by atoms with van der Waals surface area (Å²) in [7, 11) is -2.15. The number of nitrogens with zero attached hydrogens (tertiary/aromatic N) is 2. The lowest BCUT2D eigenvalue weighted by Gasteiger charge is -2.30. The molecule has 7 nitrogen and oxygen atoms in total. The highest BCUT2D eigenvalue weighted by atomic mass is 32.2. The number of pyridine rings is 1. The number of carbonyl (C=O) groups is 1. The second-order valence-corrected chi connectivity index (χ2v) is 7.73. The zero-order chi connectivity index (χ0) is 18.6. The third-order valence-electron chi connectivity index (χ3n) is 4.33. The van der Waals surface area contributed by atoms with Crippen LogP contribution in [0.2, 0.25) is 0 Å². The molecule has 8 heteroatoms. The Morgan fingerprint density at radius 2 is 2.04 bits per heavy atom. The fourth-order valence-corrected chi connectivity index (χ4v) is 4.29. The Balaban J connectivity index is 1.87. The number of methoxy groups -OCH3 is 1. The van der Waals surface area contributed by atoms with Gasteiger partial charge in [-0.05, 0) is 35.7 Å². The number of nitrogens with one attached hydrogen (secondary N) is 1. The molecule has 1 N–H and O–H groups in total. The summed E-state index contributed by atoms with van der Waals surface area (Å²) in [6.45, 7) is 1.30. The number of carbonyl (C=O) groups excluding carboxylic acids is 1. The van der Waals surface area contributed by atoms with E-state index in [0.29, 0.717) is 30.7 Å². The molecule has 2 heterocycles. The van der Waals surface area contributed by atoms with Crippen LogP contribution in [0.1, 0.15) is 21.5 Å². The van der Waals surface area contributed by atoms with Crippen LogP contribution in [0.15, 0.2) is 47.6 Å². The lowest BCUT2D eigenvalue weighted by molar-refractivity contribution is 0.0732. The molecule has 0 unspecified atom stereocenters. The minimum Gasteiger partial charge on any atom is -0.383 e. The van der Waals surface area contributed by atoms with Gasteiger partial charge in [0.05, 0.1) is 11.5 Å². The van der Waals surface area contributed by atoms with Crippen LogP contribution in [0.4, 0.5) is 0 Å². The number of hydrogen-bond acceptors (Lipinski definition) is 5. The number of amides is 1. The molecule has 0 saturated heterocycles. The zero-order valence-electron chi connectivity index (χ0n) is 14.5. The Bertz CT molecular complexity index is 885. The molecule has 0 spiro atoms. The summed E-state index contributed by atoms with van der Waals surface area (Å²) in [6.07, 6.45) is 3.76. The van der Waals surface area contributed by atoms with Gasteiger partial charge in [-0.2, -0.15) is 0 Å². The van der Waals surface area contributed by atoms with Crippen LogP contribution in [-0.4, -0.2) is 51.0 Å². The molecule has 0 atom stereocenters. The van der Waals surface area contributed by atoms with Gasteiger partial charge in [-0.3, -0.25) is 9.78 Å². The van der Waals surface area contributed by atoms with Crippen molar-refractivity contribution in [3.8, 4) is 0 Å². The Hall–Kier alpha value is -2.29. The number of aromatic nitrogens is 1. The van der Waals surface area contributed by atoms with Crippen LogP contribution in [-0.2, 0) is 27.7 Å². The van der Waals surface area contributed by atoms with E-state index < -0.39 is 10.0 Å². The molecule has 26 heavy (non-hydrogen) atoms. The van der Waals surface area contributed by atoms with Crippen molar-refractivity contribution in [1.82, 2.24) is 14.6 Å². The molecule has 1 aliphatic heterocycles. The highest BCUT2D eigenvalue weighted by Gasteiger charge is 2.27. The number of rotatable bonds is 6. The third kappa shape index (κ3) is 3.92. The lowest BCUT2D eigenvalue weighted by Crippen LogP contribution is -2.37. The summed E-state index contributed by atoms with van der Waals surface area (Å²) in [5, 5.41) is 0. The van der Waals surface area contributed by atoms with Crippen LogP contribution in [0, 0.1) is 0 Å². The van der Waals surface area contributed by atoms with Gasteiger partial charge in [0, 0.05) is 44.7 Å². The molecule has 1 amide bonds. The first-order valence-electron chi connectivity index (χ1n) is 8.31. The number of hydrogen-bond donors (Lipinski definition) is 1. The quantitative estimate of drug-likeness (QED) is 0.767. The summed E-state index contributed by atoms with van der Waals surface area (Å²) >= 11 is 0. The van der Waals surface area contributed by atoms with E-state index in [1.807, 2.05) is 6.07 Å². The average molecular weight is 375 g/mol. The van der Waals surface area contributed by atoms with Gasteiger partial charge in [0.2, 0.25) is 10.0 Å². The normalized spacial score (nSPS) is 14.1. The number of ether oxygens (including phenoxy) is 1. The molecule has 0 radical (unpaired) electrons. The molecule has 1 aromatic carbocycles. The largest absolute Gasteiger partial charge is 0.383 e.